The maximum atomic E-state index is 13.9. The number of Topliss-reactive ketones (excluding diaryl/α,β-unsaturated/α-hetero) is 2. The summed E-state index contributed by atoms with van der Waals surface area (Å²) in [7, 11) is 0. The normalized spacial score (nSPS) is 20.7. The molecule has 1 aromatic heterocycles. The summed E-state index contributed by atoms with van der Waals surface area (Å²) in [5, 5.41) is 1.34. The van der Waals surface area contributed by atoms with Crippen LogP contribution in [0.2, 0.25) is 0 Å². The van der Waals surface area contributed by atoms with Crippen molar-refractivity contribution in [1.29, 1.82) is 0 Å². The fraction of sp³-hybridized carbons (Fsp3) is 0.235. The van der Waals surface area contributed by atoms with E-state index in [1.54, 1.807) is 43.3 Å². The Labute approximate surface area is 230 Å². The summed E-state index contributed by atoms with van der Waals surface area (Å²) in [6, 6.07) is 6.82. The molecule has 6 heteroatoms. The van der Waals surface area contributed by atoms with Crippen LogP contribution in [-0.2, 0) is 0 Å². The van der Waals surface area contributed by atoms with Gasteiger partial charge in [0.25, 0.3) is 0 Å². The average molecular weight is 531 g/mol. The van der Waals surface area contributed by atoms with Crippen molar-refractivity contribution in [3.8, 4) is 0 Å². The number of allylic oxidation sites excluding steroid dienone is 6. The first-order chi connectivity index (χ1) is 19.0. The lowest BCUT2D eigenvalue weighted by Gasteiger charge is -2.27. The molecule has 200 valence electrons. The Morgan fingerprint density at radius 2 is 1.43 bits per heavy atom. The maximum absolute atomic E-state index is 13.9. The summed E-state index contributed by atoms with van der Waals surface area (Å²) in [5.41, 5.74) is 3.16. The number of hydrogen-bond acceptors (Lipinski definition) is 4. The molecule has 1 heterocycles. The SMILES string of the molecule is C/C=c1/c(=O)c2c(ccc3[nH]c4c5c(ccc4[nH]c32)C(=O)C2C=CC(C)(C)C=CC2C5=O)c(=O)/c1=C/C=C(C)C. The lowest BCUT2D eigenvalue weighted by atomic mass is 9.73. The van der Waals surface area contributed by atoms with Crippen LogP contribution in [0.1, 0.15) is 55.3 Å². The molecule has 2 aliphatic carbocycles. The van der Waals surface area contributed by atoms with Crippen molar-refractivity contribution < 1.29 is 9.59 Å². The van der Waals surface area contributed by atoms with Crippen LogP contribution in [0.4, 0.5) is 0 Å². The van der Waals surface area contributed by atoms with Gasteiger partial charge in [-0.1, -0.05) is 62.0 Å². The summed E-state index contributed by atoms with van der Waals surface area (Å²) >= 11 is 0. The molecule has 2 N–H and O–H groups in total. The highest BCUT2D eigenvalue weighted by atomic mass is 16.1. The van der Waals surface area contributed by atoms with Crippen molar-refractivity contribution in [3.63, 3.8) is 0 Å². The van der Waals surface area contributed by atoms with E-state index >= 15 is 0 Å². The predicted molar refractivity (Wildman–Crippen MR) is 161 cm³/mol. The molecule has 0 bridgehead atoms. The van der Waals surface area contributed by atoms with Crippen molar-refractivity contribution in [2.45, 2.75) is 34.6 Å². The van der Waals surface area contributed by atoms with Gasteiger partial charge in [0.05, 0.1) is 44.9 Å². The molecule has 2 aliphatic rings. The zero-order chi connectivity index (χ0) is 28.5. The highest BCUT2D eigenvalue weighted by molar-refractivity contribution is 6.22. The van der Waals surface area contributed by atoms with E-state index in [-0.39, 0.29) is 27.8 Å². The van der Waals surface area contributed by atoms with E-state index in [0.717, 1.165) is 5.57 Å². The van der Waals surface area contributed by atoms with Crippen LogP contribution in [0.25, 0.3) is 45.0 Å². The number of fused-ring (bicyclic) bond motifs is 7. The van der Waals surface area contributed by atoms with E-state index in [1.165, 1.54) is 0 Å². The zero-order valence-electron chi connectivity index (χ0n) is 23.1. The third-order valence-electron chi connectivity index (χ3n) is 8.02. The van der Waals surface area contributed by atoms with Gasteiger partial charge in [0.15, 0.2) is 22.4 Å². The molecule has 0 saturated carbocycles. The minimum Gasteiger partial charge on any atom is -0.351 e. The van der Waals surface area contributed by atoms with Crippen LogP contribution in [0.5, 0.6) is 0 Å². The van der Waals surface area contributed by atoms with E-state index in [1.807, 2.05) is 58.1 Å². The molecule has 4 aromatic rings. The van der Waals surface area contributed by atoms with Crippen LogP contribution in [0.3, 0.4) is 0 Å². The Morgan fingerprint density at radius 3 is 2.10 bits per heavy atom. The van der Waals surface area contributed by atoms with Gasteiger partial charge in [0.1, 0.15) is 0 Å². The van der Waals surface area contributed by atoms with E-state index in [4.69, 9.17) is 0 Å². The van der Waals surface area contributed by atoms with Gasteiger partial charge in [0, 0.05) is 26.8 Å². The number of H-pyrrole nitrogens is 2. The summed E-state index contributed by atoms with van der Waals surface area (Å²) < 4.78 is 0. The van der Waals surface area contributed by atoms with Gasteiger partial charge in [0.2, 0.25) is 0 Å². The van der Waals surface area contributed by atoms with E-state index < -0.39 is 11.8 Å². The molecule has 0 aliphatic heterocycles. The number of benzene rings is 3. The zero-order valence-corrected chi connectivity index (χ0v) is 23.1. The van der Waals surface area contributed by atoms with Crippen molar-refractivity contribution in [2.24, 2.45) is 17.3 Å². The standard InChI is InChI=1S/C34H30N2O4/c1-6-18-19(8-7-17(2)3)30(37)22-9-11-24-28(26(22)32(18)39)35-25-12-10-23-27(29(25)36-24)33(40)21-14-16-34(4,5)15-13-20(21)31(23)38/h6-16,20-21,35-36H,1-5H3/b18-6+,19-8+. The smallest absolute Gasteiger partial charge is 0.196 e. The molecular weight excluding hydrogens is 500 g/mol. The first kappa shape index (κ1) is 25.7. The summed E-state index contributed by atoms with van der Waals surface area (Å²) in [6.45, 7) is 9.68. The molecule has 40 heavy (non-hydrogen) atoms. The molecule has 0 saturated heterocycles. The highest BCUT2D eigenvalue weighted by Crippen LogP contribution is 2.39. The van der Waals surface area contributed by atoms with Crippen LogP contribution in [-0.4, -0.2) is 21.5 Å². The molecule has 3 aromatic carbocycles. The van der Waals surface area contributed by atoms with Gasteiger partial charge >= 0.3 is 0 Å². The second-order valence-electron chi connectivity index (χ2n) is 11.6. The topological polar surface area (TPSA) is 99.9 Å². The monoisotopic (exact) mass is 530 g/mol. The van der Waals surface area contributed by atoms with E-state index in [2.05, 4.69) is 9.97 Å². The second kappa shape index (κ2) is 8.98. The van der Waals surface area contributed by atoms with Crippen LogP contribution < -0.4 is 21.3 Å². The van der Waals surface area contributed by atoms with Gasteiger partial charge in [-0.25, -0.2) is 0 Å². The molecule has 6 nitrogen and oxygen atoms in total. The van der Waals surface area contributed by atoms with Gasteiger partial charge in [-0.15, -0.1) is 0 Å². The fourth-order valence-electron chi connectivity index (χ4n) is 5.90. The highest BCUT2D eigenvalue weighted by Gasteiger charge is 2.41. The summed E-state index contributed by atoms with van der Waals surface area (Å²) in [4.78, 5) is 61.4. The molecule has 0 fully saturated rings. The Hall–Kier alpha value is -4.58. The van der Waals surface area contributed by atoms with Gasteiger partial charge in [-0.3, -0.25) is 19.2 Å². The van der Waals surface area contributed by atoms with Gasteiger partial charge < -0.3 is 9.97 Å². The molecule has 0 spiro atoms. The predicted octanol–water partition coefficient (Wildman–Crippen LogP) is 4.83. The van der Waals surface area contributed by atoms with Crippen molar-refractivity contribution in [1.82, 2.24) is 9.97 Å². The summed E-state index contributed by atoms with van der Waals surface area (Å²) in [6.07, 6.45) is 12.9. The molecule has 0 radical (unpaired) electrons. The number of carbonyl (C=O) groups excluding carboxylic acids is 2. The van der Waals surface area contributed by atoms with Crippen LogP contribution in [0, 0.1) is 17.3 Å². The lowest BCUT2D eigenvalue weighted by molar-refractivity contribution is 0.0805. The average Bonchev–Trinajstić information content (AvgIpc) is 3.08. The van der Waals surface area contributed by atoms with Crippen molar-refractivity contribution in [3.05, 3.63) is 102 Å². The van der Waals surface area contributed by atoms with Crippen molar-refractivity contribution >= 4 is 56.6 Å². The van der Waals surface area contributed by atoms with E-state index in [9.17, 15) is 19.2 Å². The molecule has 2 unspecified atom stereocenters. The number of hydrogen-bond donors (Lipinski definition) is 2. The molecule has 6 rings (SSSR count). The Morgan fingerprint density at radius 1 is 0.800 bits per heavy atom. The number of aromatic nitrogens is 2. The minimum atomic E-state index is -0.585. The summed E-state index contributed by atoms with van der Waals surface area (Å²) in [5.74, 6) is -1.34. The number of carbonyl (C=O) groups is 2. The lowest BCUT2D eigenvalue weighted by Crippen LogP contribution is -2.48. The molecular formula is C34H30N2O4. The minimum absolute atomic E-state index is 0.0896. The Kier molecular flexibility index (Phi) is 5.77. The van der Waals surface area contributed by atoms with Crippen molar-refractivity contribution in [2.75, 3.05) is 0 Å². The first-order valence-electron chi connectivity index (χ1n) is 13.5. The van der Waals surface area contributed by atoms with Crippen LogP contribution in [0.15, 0.2) is 69.8 Å². The number of ketones is 2. The van der Waals surface area contributed by atoms with Crippen LogP contribution >= 0.6 is 0 Å². The molecule has 2 atom stereocenters. The fourth-order valence-corrected chi connectivity index (χ4v) is 5.90. The van der Waals surface area contributed by atoms with Gasteiger partial charge in [-0.2, -0.15) is 0 Å². The first-order valence-corrected chi connectivity index (χ1v) is 13.5. The van der Waals surface area contributed by atoms with E-state index in [0.29, 0.717) is 54.4 Å². The number of rotatable bonds is 1. The Bertz CT molecular complexity index is 2150. The largest absolute Gasteiger partial charge is 0.351 e. The number of nitrogens with one attached hydrogen (secondary N) is 2. The third kappa shape index (κ3) is 3.78. The Balaban J connectivity index is 1.66. The van der Waals surface area contributed by atoms with Gasteiger partial charge in [-0.05, 0) is 45.0 Å². The third-order valence-corrected chi connectivity index (χ3v) is 8.02. The maximum Gasteiger partial charge on any atom is 0.196 e. The quantitative estimate of drug-likeness (QED) is 0.209. The molecule has 0 amide bonds. The second-order valence-corrected chi connectivity index (χ2v) is 11.6. The number of aromatic amines is 2.